The summed E-state index contributed by atoms with van der Waals surface area (Å²) in [5.41, 5.74) is 11.4. The summed E-state index contributed by atoms with van der Waals surface area (Å²) < 4.78 is 87.6. The molecule has 0 aliphatic carbocycles. The lowest BCUT2D eigenvalue weighted by Gasteiger charge is -2.22. The third kappa shape index (κ3) is 8.01. The maximum absolute atomic E-state index is 13.0. The first-order chi connectivity index (χ1) is 18.0. The average molecular weight is 688 g/mol. The van der Waals surface area contributed by atoms with Crippen LogP contribution in [0.25, 0.3) is 0 Å². The third-order valence-electron chi connectivity index (χ3n) is 5.23. The molecule has 39 heavy (non-hydrogen) atoms. The van der Waals surface area contributed by atoms with E-state index in [1.165, 1.54) is 38.1 Å². The van der Waals surface area contributed by atoms with Crippen LogP contribution in [0.1, 0.15) is 13.8 Å². The van der Waals surface area contributed by atoms with E-state index in [9.17, 15) is 25.3 Å². The summed E-state index contributed by atoms with van der Waals surface area (Å²) in [6, 6.07) is 4.92. The molecule has 0 radical (unpaired) electrons. The summed E-state index contributed by atoms with van der Waals surface area (Å²) in [6.45, 7) is 0.969. The van der Waals surface area contributed by atoms with Crippen LogP contribution in [0.4, 0.5) is 11.4 Å². The predicted molar refractivity (Wildman–Crippen MR) is 151 cm³/mol. The molecule has 4 N–H and O–H groups in total. The Balaban J connectivity index is 2.02. The van der Waals surface area contributed by atoms with Gasteiger partial charge in [-0.2, -0.15) is 17.0 Å². The van der Waals surface area contributed by atoms with Crippen molar-refractivity contribution >= 4 is 88.2 Å². The van der Waals surface area contributed by atoms with Gasteiger partial charge < -0.3 is 11.5 Å². The number of nitrogen functional groups attached to an aromatic ring is 2. The fraction of sp³-hybridized carbons (Fsp3) is 0.400. The Hall–Kier alpha value is -1.11. The molecule has 0 spiro atoms. The lowest BCUT2D eigenvalue weighted by atomic mass is 10.3. The Morgan fingerprint density at radius 2 is 0.974 bits per heavy atom. The molecule has 2 aromatic carbocycles. The summed E-state index contributed by atoms with van der Waals surface area (Å²) in [7, 11) is -13.0. The molecule has 0 amide bonds. The summed E-state index contributed by atoms with van der Waals surface area (Å²) >= 11 is 24.0. The SMILES string of the molecule is CCN(CCOS(=O)(=O)OCCN(CC)S(=O)(=O)c1ccc(N)c(Cl)c1Cl)S(=O)(=O)c1ccc(N)c(Cl)c1Cl. The second-order valence-electron chi connectivity index (χ2n) is 7.61. The summed E-state index contributed by atoms with van der Waals surface area (Å²) in [5, 5.41) is -0.813. The van der Waals surface area contributed by atoms with Crippen LogP contribution in [0.5, 0.6) is 0 Å². The highest BCUT2D eigenvalue weighted by atomic mass is 35.5. The molecular weight excluding hydrogens is 662 g/mol. The molecule has 19 heteroatoms. The Labute approximate surface area is 248 Å². The van der Waals surface area contributed by atoms with Crippen molar-refractivity contribution in [2.24, 2.45) is 0 Å². The smallest absolute Gasteiger partial charge is 0.397 e. The Morgan fingerprint density at radius 3 is 1.28 bits per heavy atom. The maximum atomic E-state index is 13.0. The molecule has 0 bridgehead atoms. The first kappa shape index (κ1) is 34.1. The number of hydrogen-bond acceptors (Lipinski definition) is 10. The van der Waals surface area contributed by atoms with Gasteiger partial charge in [0.15, 0.2) is 0 Å². The van der Waals surface area contributed by atoms with Crippen molar-refractivity contribution in [2.75, 3.05) is 50.9 Å². The zero-order valence-corrected chi connectivity index (χ0v) is 26.1. The second-order valence-corrected chi connectivity index (χ2v) is 14.2. The number of halogens is 4. The van der Waals surface area contributed by atoms with Gasteiger partial charge in [-0.15, -0.1) is 0 Å². The first-order valence-electron chi connectivity index (χ1n) is 11.0. The first-order valence-corrected chi connectivity index (χ1v) is 16.7. The van der Waals surface area contributed by atoms with Crippen molar-refractivity contribution < 1.29 is 33.6 Å². The van der Waals surface area contributed by atoms with E-state index in [0.29, 0.717) is 0 Å². The van der Waals surface area contributed by atoms with Crippen LogP contribution < -0.4 is 11.5 Å². The van der Waals surface area contributed by atoms with Crippen LogP contribution in [-0.2, 0) is 38.8 Å². The molecular formula is C20H26Cl4N4O8S3. The Morgan fingerprint density at radius 1 is 0.641 bits per heavy atom. The van der Waals surface area contributed by atoms with E-state index in [1.54, 1.807) is 0 Å². The van der Waals surface area contributed by atoms with E-state index < -0.39 is 43.7 Å². The summed E-state index contributed by atoms with van der Waals surface area (Å²) in [4.78, 5) is -0.625. The van der Waals surface area contributed by atoms with Crippen molar-refractivity contribution in [3.63, 3.8) is 0 Å². The Bertz CT molecular complexity index is 1420. The number of rotatable bonds is 14. The van der Waals surface area contributed by atoms with E-state index in [1.807, 2.05) is 0 Å². The number of anilines is 2. The molecule has 0 atom stereocenters. The number of sulfonamides is 2. The lowest BCUT2D eigenvalue weighted by Crippen LogP contribution is -2.36. The molecule has 0 saturated heterocycles. The number of nitrogens with two attached hydrogens (primary N) is 2. The molecule has 0 aromatic heterocycles. The number of benzene rings is 2. The number of hydrogen-bond donors (Lipinski definition) is 2. The molecule has 0 unspecified atom stereocenters. The molecule has 0 aliphatic rings. The van der Waals surface area contributed by atoms with Crippen LogP contribution in [0, 0.1) is 0 Å². The van der Waals surface area contributed by atoms with E-state index in [0.717, 1.165) is 8.61 Å². The van der Waals surface area contributed by atoms with Crippen LogP contribution in [0.3, 0.4) is 0 Å². The van der Waals surface area contributed by atoms with Crippen LogP contribution in [-0.4, -0.2) is 73.3 Å². The summed E-state index contributed by atoms with van der Waals surface area (Å²) in [5.74, 6) is 0. The third-order valence-corrected chi connectivity index (χ3v) is 12.2. The van der Waals surface area contributed by atoms with Gasteiger partial charge in [0.1, 0.15) is 9.79 Å². The van der Waals surface area contributed by atoms with Gasteiger partial charge in [-0.3, -0.25) is 0 Å². The predicted octanol–water partition coefficient (Wildman–Crippen LogP) is 3.46. The number of nitrogens with zero attached hydrogens (tertiary/aromatic N) is 2. The van der Waals surface area contributed by atoms with Gasteiger partial charge in [0.05, 0.1) is 44.7 Å². The van der Waals surface area contributed by atoms with Gasteiger partial charge >= 0.3 is 10.4 Å². The lowest BCUT2D eigenvalue weighted by molar-refractivity contribution is 0.195. The molecule has 2 rings (SSSR count). The minimum atomic E-state index is -4.62. The van der Waals surface area contributed by atoms with E-state index in [4.69, 9.17) is 66.2 Å². The fourth-order valence-corrected chi connectivity index (χ4v) is 8.18. The van der Waals surface area contributed by atoms with E-state index in [2.05, 4.69) is 0 Å². The van der Waals surface area contributed by atoms with Crippen molar-refractivity contribution in [1.82, 2.24) is 8.61 Å². The highest BCUT2D eigenvalue weighted by Gasteiger charge is 2.29. The molecule has 0 aliphatic heterocycles. The standard InChI is InChI=1S/C20H26Cl4N4O8S3/c1-3-27(37(29,30)15-7-5-13(25)17(21)19(15)23)9-11-35-39(33,34)36-12-10-28(4-2)38(31,32)16-8-6-14(26)18(22)20(16)24/h5-8H,3-4,9-12,25-26H2,1-2H3. The van der Waals surface area contributed by atoms with Gasteiger partial charge in [0.25, 0.3) is 0 Å². The average Bonchev–Trinajstić information content (AvgIpc) is 2.85. The van der Waals surface area contributed by atoms with Crippen molar-refractivity contribution in [1.29, 1.82) is 0 Å². The van der Waals surface area contributed by atoms with E-state index >= 15 is 0 Å². The fourth-order valence-electron chi connectivity index (χ4n) is 3.18. The van der Waals surface area contributed by atoms with Crippen LogP contribution in [0.15, 0.2) is 34.1 Å². The van der Waals surface area contributed by atoms with Gasteiger partial charge in [-0.1, -0.05) is 60.3 Å². The van der Waals surface area contributed by atoms with E-state index in [-0.39, 0.29) is 67.4 Å². The van der Waals surface area contributed by atoms with Crippen molar-refractivity contribution in [3.05, 3.63) is 44.4 Å². The van der Waals surface area contributed by atoms with Gasteiger partial charge in [0.2, 0.25) is 20.0 Å². The molecule has 0 heterocycles. The highest BCUT2D eigenvalue weighted by Crippen LogP contribution is 2.36. The van der Waals surface area contributed by atoms with Gasteiger partial charge in [-0.25, -0.2) is 25.2 Å². The zero-order chi connectivity index (χ0) is 29.8. The zero-order valence-electron chi connectivity index (χ0n) is 20.6. The topological polar surface area (TPSA) is 179 Å². The highest BCUT2D eigenvalue weighted by molar-refractivity contribution is 7.89. The maximum Gasteiger partial charge on any atom is 0.399 e. The minimum Gasteiger partial charge on any atom is -0.397 e. The second kappa shape index (κ2) is 13.7. The van der Waals surface area contributed by atoms with Crippen molar-refractivity contribution in [2.45, 2.75) is 23.6 Å². The molecule has 220 valence electrons. The van der Waals surface area contributed by atoms with Gasteiger partial charge in [-0.05, 0) is 24.3 Å². The molecule has 12 nitrogen and oxygen atoms in total. The summed E-state index contributed by atoms with van der Waals surface area (Å²) in [6.07, 6.45) is 0. The molecule has 0 fully saturated rings. The molecule has 0 saturated carbocycles. The van der Waals surface area contributed by atoms with Gasteiger partial charge in [0, 0.05) is 26.2 Å². The quantitative estimate of drug-likeness (QED) is 0.279. The normalized spacial score (nSPS) is 12.9. The monoisotopic (exact) mass is 686 g/mol. The Kier molecular flexibility index (Phi) is 12.0. The van der Waals surface area contributed by atoms with Crippen LogP contribution >= 0.6 is 46.4 Å². The van der Waals surface area contributed by atoms with Crippen molar-refractivity contribution in [3.8, 4) is 0 Å². The molecule has 2 aromatic rings. The minimum absolute atomic E-state index is 0.0496. The number of likely N-dealkylation sites (N-methyl/N-ethyl adjacent to an activating group) is 2. The van der Waals surface area contributed by atoms with Crippen LogP contribution in [0.2, 0.25) is 20.1 Å². The largest absolute Gasteiger partial charge is 0.399 e.